The van der Waals surface area contributed by atoms with Crippen molar-refractivity contribution < 1.29 is 38.4 Å². The molecular formula is C33H48N6O9. The minimum Gasteiger partial charge on any atom is -0.496 e. The third kappa shape index (κ3) is 9.46. The van der Waals surface area contributed by atoms with Crippen molar-refractivity contribution in [3.8, 4) is 22.6 Å². The molecule has 4 rings (SSSR count). The highest BCUT2D eigenvalue weighted by molar-refractivity contribution is 5.85. The van der Waals surface area contributed by atoms with E-state index in [4.69, 9.17) is 18.9 Å². The van der Waals surface area contributed by atoms with Crippen LogP contribution in [0.2, 0.25) is 0 Å². The van der Waals surface area contributed by atoms with Crippen molar-refractivity contribution in [1.82, 2.24) is 29.9 Å². The number of aromatic nitrogens is 1. The van der Waals surface area contributed by atoms with Gasteiger partial charge in [0.05, 0.1) is 58.8 Å². The molecule has 4 amide bonds. The van der Waals surface area contributed by atoms with Crippen LogP contribution in [0.25, 0.3) is 11.1 Å². The van der Waals surface area contributed by atoms with E-state index in [-0.39, 0.29) is 70.1 Å². The van der Waals surface area contributed by atoms with Crippen molar-refractivity contribution in [2.75, 3.05) is 87.5 Å². The Labute approximate surface area is 280 Å². The summed E-state index contributed by atoms with van der Waals surface area (Å²) in [7, 11) is 8.91. The lowest BCUT2D eigenvalue weighted by molar-refractivity contribution is -0.133. The van der Waals surface area contributed by atoms with Gasteiger partial charge in [0.1, 0.15) is 18.1 Å². The number of nitrogens with one attached hydrogen (secondary N) is 2. The molecule has 3 N–H and O–H groups in total. The first-order valence-corrected chi connectivity index (χ1v) is 16.0. The second kappa shape index (κ2) is 17.3. The summed E-state index contributed by atoms with van der Waals surface area (Å²) in [6.45, 7) is 2.55. The van der Waals surface area contributed by atoms with E-state index in [1.54, 1.807) is 30.7 Å². The molecule has 1 aromatic heterocycles. The number of benzene rings is 1. The number of rotatable bonds is 15. The molecular weight excluding hydrogens is 624 g/mol. The summed E-state index contributed by atoms with van der Waals surface area (Å²) in [5, 5.41) is 14.9. The van der Waals surface area contributed by atoms with Crippen molar-refractivity contribution in [3.63, 3.8) is 0 Å². The summed E-state index contributed by atoms with van der Waals surface area (Å²) < 4.78 is 23.8. The molecule has 1 saturated heterocycles. The molecule has 264 valence electrons. The van der Waals surface area contributed by atoms with Crippen LogP contribution in [0, 0.1) is 0 Å². The molecule has 1 aromatic carbocycles. The topological polar surface area (TPSA) is 164 Å². The number of carbonyl (C=O) groups excluding carboxylic acids is 3. The Kier molecular flexibility index (Phi) is 13.2. The van der Waals surface area contributed by atoms with E-state index in [0.717, 1.165) is 22.3 Å². The smallest absolute Gasteiger partial charge is 0.317 e. The number of aryl methyl sites for hydroxylation is 1. The summed E-state index contributed by atoms with van der Waals surface area (Å²) in [6, 6.07) is 3.64. The van der Waals surface area contributed by atoms with Crippen LogP contribution in [0.1, 0.15) is 23.1 Å². The molecule has 0 bridgehead atoms. The van der Waals surface area contributed by atoms with Crippen LogP contribution in [0.4, 0.5) is 4.79 Å². The van der Waals surface area contributed by atoms with Crippen molar-refractivity contribution in [3.05, 3.63) is 45.4 Å². The van der Waals surface area contributed by atoms with Crippen molar-refractivity contribution >= 4 is 17.8 Å². The number of aliphatic hydroxyl groups is 1. The lowest BCUT2D eigenvalue weighted by Gasteiger charge is -2.30. The number of likely N-dealkylation sites (tertiary alicyclic amines) is 1. The number of amides is 4. The van der Waals surface area contributed by atoms with E-state index in [1.807, 2.05) is 37.3 Å². The Morgan fingerprint density at radius 3 is 2.33 bits per heavy atom. The minimum absolute atomic E-state index is 0.140. The van der Waals surface area contributed by atoms with Gasteiger partial charge < -0.3 is 54.0 Å². The number of aliphatic hydroxyl groups excluding tert-OH is 1. The minimum atomic E-state index is -0.507. The third-order valence-electron chi connectivity index (χ3n) is 8.33. The van der Waals surface area contributed by atoms with Gasteiger partial charge in [-0.3, -0.25) is 14.4 Å². The molecule has 0 spiro atoms. The molecule has 2 aliphatic heterocycles. The highest BCUT2D eigenvalue weighted by atomic mass is 16.5. The van der Waals surface area contributed by atoms with Crippen LogP contribution in [-0.4, -0.2) is 136 Å². The molecule has 15 heteroatoms. The lowest BCUT2D eigenvalue weighted by atomic mass is 9.91. The molecule has 0 radical (unpaired) electrons. The highest BCUT2D eigenvalue weighted by Gasteiger charge is 2.27. The third-order valence-corrected chi connectivity index (χ3v) is 8.33. The molecule has 48 heavy (non-hydrogen) atoms. The van der Waals surface area contributed by atoms with Gasteiger partial charge in [0.15, 0.2) is 0 Å². The number of carbonyl (C=O) groups is 3. The highest BCUT2D eigenvalue weighted by Crippen LogP contribution is 2.38. The zero-order valence-electron chi connectivity index (χ0n) is 28.5. The van der Waals surface area contributed by atoms with Crippen LogP contribution in [-0.2, 0) is 45.6 Å². The van der Waals surface area contributed by atoms with Gasteiger partial charge in [0, 0.05) is 57.1 Å². The van der Waals surface area contributed by atoms with Crippen LogP contribution in [0.5, 0.6) is 11.5 Å². The van der Waals surface area contributed by atoms with E-state index >= 15 is 0 Å². The van der Waals surface area contributed by atoms with E-state index in [2.05, 4.69) is 10.6 Å². The summed E-state index contributed by atoms with van der Waals surface area (Å²) in [6.07, 6.45) is 2.37. The van der Waals surface area contributed by atoms with Gasteiger partial charge in [0.25, 0.3) is 5.56 Å². The van der Waals surface area contributed by atoms with Crippen LogP contribution in [0.15, 0.2) is 23.1 Å². The summed E-state index contributed by atoms with van der Waals surface area (Å²) >= 11 is 0. The molecule has 15 nitrogen and oxygen atoms in total. The van der Waals surface area contributed by atoms with Gasteiger partial charge >= 0.3 is 6.03 Å². The van der Waals surface area contributed by atoms with E-state index in [1.165, 1.54) is 4.90 Å². The monoisotopic (exact) mass is 672 g/mol. The number of methoxy groups -OCH3 is 2. The zero-order chi connectivity index (χ0) is 34.8. The number of urea groups is 1. The number of fused-ring (bicyclic) bond motifs is 1. The number of pyridine rings is 1. The van der Waals surface area contributed by atoms with E-state index < -0.39 is 12.0 Å². The predicted molar refractivity (Wildman–Crippen MR) is 177 cm³/mol. The molecule has 1 atom stereocenters. The van der Waals surface area contributed by atoms with Gasteiger partial charge in [-0.1, -0.05) is 0 Å². The van der Waals surface area contributed by atoms with Crippen LogP contribution >= 0.6 is 0 Å². The Morgan fingerprint density at radius 2 is 1.69 bits per heavy atom. The SMILES string of the molecule is COc1cc(-c2cn(C)c(=O)c3c2CCN(C(=O)NCCOCCOCC(=O)NCC(=O)N2CCC(O)C2)C3)cc(OC)c1CN(C)C. The largest absolute Gasteiger partial charge is 0.496 e. The Balaban J connectivity index is 1.23. The molecule has 1 unspecified atom stereocenters. The first-order valence-electron chi connectivity index (χ1n) is 16.0. The maximum absolute atomic E-state index is 13.2. The maximum atomic E-state index is 13.2. The fraction of sp³-hybridized carbons (Fsp3) is 0.576. The molecule has 1 fully saturated rings. The summed E-state index contributed by atoms with van der Waals surface area (Å²) in [5.41, 5.74) is 4.02. The summed E-state index contributed by atoms with van der Waals surface area (Å²) in [4.78, 5) is 55.3. The first-order chi connectivity index (χ1) is 23.0. The fourth-order valence-electron chi connectivity index (χ4n) is 5.87. The maximum Gasteiger partial charge on any atom is 0.317 e. The van der Waals surface area contributed by atoms with E-state index in [9.17, 15) is 24.3 Å². The number of ether oxygens (including phenoxy) is 4. The molecule has 3 heterocycles. The number of hydrogen-bond donors (Lipinski definition) is 3. The van der Waals surface area contributed by atoms with Gasteiger partial charge in [-0.15, -0.1) is 0 Å². The molecule has 2 aromatic rings. The quantitative estimate of drug-likeness (QED) is 0.219. The first kappa shape index (κ1) is 36.7. The second-order valence-corrected chi connectivity index (χ2v) is 12.1. The lowest BCUT2D eigenvalue weighted by Crippen LogP contribution is -2.45. The molecule has 0 aliphatic carbocycles. The second-order valence-electron chi connectivity index (χ2n) is 12.1. The van der Waals surface area contributed by atoms with E-state index in [0.29, 0.717) is 49.5 Å². The number of hydrogen-bond acceptors (Lipinski definition) is 10. The molecule has 2 aliphatic rings. The number of β-amino-alcohol motifs (C(OH)–C–C–N with tert-alkyl or cyclic N) is 1. The Bertz CT molecular complexity index is 1490. The average Bonchev–Trinajstić information content (AvgIpc) is 3.52. The van der Waals surface area contributed by atoms with Crippen LogP contribution in [0.3, 0.4) is 0 Å². The van der Waals surface area contributed by atoms with Crippen molar-refractivity contribution in [1.29, 1.82) is 0 Å². The van der Waals surface area contributed by atoms with Crippen LogP contribution < -0.4 is 25.7 Å². The Hall–Kier alpha value is -4.18. The standard InChI is InChI=1S/C33H48N6O9/c1-36(2)18-27-28(45-4)14-22(15-29(27)46-5)25-19-37(3)32(43)26-20-39(10-7-24(25)26)33(44)34-8-11-47-12-13-48-21-30(41)35-16-31(42)38-9-6-23(40)17-38/h14-15,19,23,40H,6-13,16-18,20-21H2,1-5H3,(H,34,44)(H,35,41). The van der Waals surface area contributed by atoms with Gasteiger partial charge in [-0.05, 0) is 50.2 Å². The molecule has 0 saturated carbocycles. The average molecular weight is 673 g/mol. The predicted octanol–water partition coefficient (Wildman–Crippen LogP) is -0.0586. The van der Waals surface area contributed by atoms with Gasteiger partial charge in [0.2, 0.25) is 11.8 Å². The number of nitrogens with zero attached hydrogens (tertiary/aromatic N) is 4. The van der Waals surface area contributed by atoms with Gasteiger partial charge in [-0.2, -0.15) is 0 Å². The van der Waals surface area contributed by atoms with Gasteiger partial charge in [-0.25, -0.2) is 4.79 Å². The Morgan fingerprint density at radius 1 is 0.979 bits per heavy atom. The van der Waals surface area contributed by atoms with Crippen molar-refractivity contribution in [2.24, 2.45) is 7.05 Å². The normalized spacial score (nSPS) is 15.8. The fourth-order valence-corrected chi connectivity index (χ4v) is 5.87. The zero-order valence-corrected chi connectivity index (χ0v) is 28.5. The van der Waals surface area contributed by atoms with Crippen molar-refractivity contribution in [2.45, 2.75) is 32.0 Å². The summed E-state index contributed by atoms with van der Waals surface area (Å²) in [5.74, 6) is 0.730.